The number of nitrogens with zero attached hydrogens (tertiary/aromatic N) is 1. The molecule has 108 valence electrons. The molecule has 0 fully saturated rings. The molecule has 0 unspecified atom stereocenters. The fourth-order valence-corrected chi connectivity index (χ4v) is 3.13. The monoisotopic (exact) mass is 298 g/mol. The normalized spacial score (nSPS) is 11.0. The highest BCUT2D eigenvalue weighted by molar-refractivity contribution is 6.33. The van der Waals surface area contributed by atoms with Gasteiger partial charge in [-0.05, 0) is 43.2 Å². The van der Waals surface area contributed by atoms with Gasteiger partial charge in [0.2, 0.25) is 0 Å². The van der Waals surface area contributed by atoms with Crippen LogP contribution in [0.3, 0.4) is 0 Å². The van der Waals surface area contributed by atoms with Gasteiger partial charge in [0.1, 0.15) is 0 Å². The number of aromatic nitrogens is 1. The van der Waals surface area contributed by atoms with Crippen LogP contribution in [0.15, 0.2) is 42.5 Å². The van der Waals surface area contributed by atoms with E-state index in [1.807, 2.05) is 19.1 Å². The van der Waals surface area contributed by atoms with E-state index >= 15 is 0 Å². The molecule has 0 aliphatic carbocycles. The largest absolute Gasteiger partial charge is 0.378 e. The third kappa shape index (κ3) is 2.52. The summed E-state index contributed by atoms with van der Waals surface area (Å²) in [7, 11) is 2.11. The van der Waals surface area contributed by atoms with Crippen molar-refractivity contribution in [1.82, 2.24) is 4.57 Å². The number of nitrogens with one attached hydrogen (secondary N) is 1. The first-order valence-corrected chi connectivity index (χ1v) is 7.48. The van der Waals surface area contributed by atoms with Gasteiger partial charge in [0.05, 0.1) is 17.3 Å². The number of aryl methyl sites for hydroxylation is 3. The van der Waals surface area contributed by atoms with Crippen molar-refractivity contribution in [3.05, 3.63) is 64.3 Å². The second kappa shape index (κ2) is 5.45. The van der Waals surface area contributed by atoms with Crippen LogP contribution in [0.25, 0.3) is 10.9 Å². The number of hydrogen-bond acceptors (Lipinski definition) is 1. The minimum Gasteiger partial charge on any atom is -0.378 e. The molecule has 0 saturated heterocycles. The van der Waals surface area contributed by atoms with Crippen LogP contribution in [-0.4, -0.2) is 4.57 Å². The lowest BCUT2D eigenvalue weighted by molar-refractivity contribution is 0.862. The van der Waals surface area contributed by atoms with E-state index in [9.17, 15) is 0 Å². The highest BCUT2D eigenvalue weighted by atomic mass is 35.5. The summed E-state index contributed by atoms with van der Waals surface area (Å²) in [5.74, 6) is 0. The summed E-state index contributed by atoms with van der Waals surface area (Å²) < 4.78 is 2.25. The molecule has 0 aliphatic heterocycles. The average Bonchev–Trinajstić information content (AvgIpc) is 2.71. The molecule has 2 aromatic carbocycles. The van der Waals surface area contributed by atoms with Crippen LogP contribution in [0.1, 0.15) is 16.8 Å². The van der Waals surface area contributed by atoms with Gasteiger partial charge in [0.25, 0.3) is 0 Å². The predicted molar refractivity (Wildman–Crippen MR) is 91.2 cm³/mol. The summed E-state index contributed by atoms with van der Waals surface area (Å²) in [5, 5.41) is 5.53. The quantitative estimate of drug-likeness (QED) is 0.715. The van der Waals surface area contributed by atoms with E-state index in [1.54, 1.807) is 0 Å². The lowest BCUT2D eigenvalue weighted by Crippen LogP contribution is -2.06. The van der Waals surface area contributed by atoms with Crippen molar-refractivity contribution >= 4 is 28.2 Å². The lowest BCUT2D eigenvalue weighted by Gasteiger charge is -2.11. The molecule has 0 bridgehead atoms. The number of halogens is 1. The van der Waals surface area contributed by atoms with Crippen molar-refractivity contribution < 1.29 is 0 Å². The van der Waals surface area contributed by atoms with Crippen molar-refractivity contribution in [3.8, 4) is 0 Å². The lowest BCUT2D eigenvalue weighted by atomic mass is 10.1. The SMILES string of the molecule is Cc1ccc(NCc2c(C)c3ccccc3n2C)c(Cl)c1. The minimum absolute atomic E-state index is 0.764. The van der Waals surface area contributed by atoms with E-state index in [0.717, 1.165) is 17.3 Å². The van der Waals surface area contributed by atoms with E-state index in [-0.39, 0.29) is 0 Å². The summed E-state index contributed by atoms with van der Waals surface area (Å²) in [6.45, 7) is 4.99. The van der Waals surface area contributed by atoms with Crippen LogP contribution < -0.4 is 5.32 Å². The Kier molecular flexibility index (Phi) is 3.64. The number of benzene rings is 2. The fourth-order valence-electron chi connectivity index (χ4n) is 2.83. The Labute approximate surface area is 130 Å². The standard InChI is InChI=1S/C18H19ClN2/c1-12-8-9-16(15(19)10-12)20-11-18-13(2)14-6-4-5-7-17(14)21(18)3/h4-10,20H,11H2,1-3H3. The summed E-state index contributed by atoms with van der Waals surface area (Å²) in [4.78, 5) is 0. The summed E-state index contributed by atoms with van der Waals surface area (Å²) in [5.41, 5.74) is 6.02. The second-order valence-corrected chi connectivity index (χ2v) is 5.89. The molecule has 3 aromatic rings. The molecule has 0 amide bonds. The second-order valence-electron chi connectivity index (χ2n) is 5.48. The number of para-hydroxylation sites is 1. The van der Waals surface area contributed by atoms with Crippen LogP contribution in [0.4, 0.5) is 5.69 Å². The van der Waals surface area contributed by atoms with Gasteiger partial charge in [-0.2, -0.15) is 0 Å². The summed E-state index contributed by atoms with van der Waals surface area (Å²) in [6.07, 6.45) is 0. The third-order valence-corrected chi connectivity index (χ3v) is 4.39. The molecule has 1 heterocycles. The van der Waals surface area contributed by atoms with Crippen LogP contribution in [0.2, 0.25) is 5.02 Å². The molecular formula is C18H19ClN2. The van der Waals surface area contributed by atoms with Gasteiger partial charge < -0.3 is 9.88 Å². The number of rotatable bonds is 3. The molecule has 0 aliphatic rings. The highest BCUT2D eigenvalue weighted by Crippen LogP contribution is 2.27. The van der Waals surface area contributed by atoms with Gasteiger partial charge in [-0.15, -0.1) is 0 Å². The molecular weight excluding hydrogens is 280 g/mol. The van der Waals surface area contributed by atoms with Crippen LogP contribution in [0, 0.1) is 13.8 Å². The van der Waals surface area contributed by atoms with E-state index in [0.29, 0.717) is 0 Å². The zero-order valence-corrected chi connectivity index (χ0v) is 13.3. The van der Waals surface area contributed by atoms with Gasteiger partial charge >= 0.3 is 0 Å². The molecule has 2 nitrogen and oxygen atoms in total. The van der Waals surface area contributed by atoms with Crippen molar-refractivity contribution in [2.75, 3.05) is 5.32 Å². The summed E-state index contributed by atoms with van der Waals surface area (Å²) in [6, 6.07) is 14.6. The van der Waals surface area contributed by atoms with E-state index in [2.05, 4.69) is 54.2 Å². The fraction of sp³-hybridized carbons (Fsp3) is 0.222. The molecule has 0 spiro atoms. The maximum absolute atomic E-state index is 6.28. The van der Waals surface area contributed by atoms with Crippen LogP contribution in [-0.2, 0) is 13.6 Å². The Hall–Kier alpha value is -1.93. The maximum atomic E-state index is 6.28. The number of fused-ring (bicyclic) bond motifs is 1. The van der Waals surface area contributed by atoms with E-state index in [4.69, 9.17) is 11.6 Å². The van der Waals surface area contributed by atoms with Crippen molar-refractivity contribution in [2.24, 2.45) is 7.05 Å². The molecule has 0 radical (unpaired) electrons. The van der Waals surface area contributed by atoms with Gasteiger partial charge in [0, 0.05) is 23.6 Å². The third-order valence-electron chi connectivity index (χ3n) is 4.08. The van der Waals surface area contributed by atoms with Crippen molar-refractivity contribution in [1.29, 1.82) is 0 Å². The van der Waals surface area contributed by atoms with Crippen molar-refractivity contribution in [2.45, 2.75) is 20.4 Å². The summed E-state index contributed by atoms with van der Waals surface area (Å²) >= 11 is 6.28. The molecule has 3 heteroatoms. The smallest absolute Gasteiger partial charge is 0.0640 e. The van der Waals surface area contributed by atoms with Crippen LogP contribution >= 0.6 is 11.6 Å². The molecule has 3 rings (SSSR count). The van der Waals surface area contributed by atoms with Gasteiger partial charge in [-0.1, -0.05) is 35.9 Å². The Morgan fingerprint density at radius 3 is 2.57 bits per heavy atom. The zero-order valence-electron chi connectivity index (χ0n) is 12.6. The van der Waals surface area contributed by atoms with E-state index in [1.165, 1.54) is 27.7 Å². The minimum atomic E-state index is 0.764. The zero-order chi connectivity index (χ0) is 15.0. The Bertz CT molecular complexity index is 763. The topological polar surface area (TPSA) is 17.0 Å². The van der Waals surface area contributed by atoms with Crippen molar-refractivity contribution in [3.63, 3.8) is 0 Å². The first kappa shape index (κ1) is 14.0. The molecule has 1 aromatic heterocycles. The molecule has 21 heavy (non-hydrogen) atoms. The maximum Gasteiger partial charge on any atom is 0.0640 e. The Morgan fingerprint density at radius 1 is 1.10 bits per heavy atom. The van der Waals surface area contributed by atoms with Gasteiger partial charge in [0.15, 0.2) is 0 Å². The first-order valence-electron chi connectivity index (χ1n) is 7.11. The van der Waals surface area contributed by atoms with Gasteiger partial charge in [-0.3, -0.25) is 0 Å². The molecule has 0 atom stereocenters. The van der Waals surface area contributed by atoms with Crippen LogP contribution in [0.5, 0.6) is 0 Å². The average molecular weight is 299 g/mol. The Morgan fingerprint density at radius 2 is 1.86 bits per heavy atom. The highest BCUT2D eigenvalue weighted by Gasteiger charge is 2.11. The predicted octanol–water partition coefficient (Wildman–Crippen LogP) is 5.06. The number of anilines is 1. The van der Waals surface area contributed by atoms with Gasteiger partial charge in [-0.25, -0.2) is 0 Å². The number of hydrogen-bond donors (Lipinski definition) is 1. The molecule has 0 saturated carbocycles. The first-order chi connectivity index (χ1) is 10.1. The Balaban J connectivity index is 1.92. The van der Waals surface area contributed by atoms with E-state index < -0.39 is 0 Å². The molecule has 1 N–H and O–H groups in total.